The number of hydrogen-bond donors (Lipinski definition) is 1. The van der Waals surface area contributed by atoms with Gasteiger partial charge in [0.05, 0.1) is 12.5 Å². The van der Waals surface area contributed by atoms with Crippen LogP contribution in [0.3, 0.4) is 0 Å². The lowest BCUT2D eigenvalue weighted by molar-refractivity contribution is 0.277. The second-order valence-electron chi connectivity index (χ2n) is 3.07. The van der Waals surface area contributed by atoms with Gasteiger partial charge in [-0.05, 0) is 24.7 Å². The zero-order valence-corrected chi connectivity index (χ0v) is 7.88. The van der Waals surface area contributed by atoms with Crippen LogP contribution >= 0.6 is 12.2 Å². The topological polar surface area (TPSA) is 29.5 Å². The molecule has 1 aliphatic heterocycles. The molecule has 1 atom stereocenters. The number of benzene rings is 1. The van der Waals surface area contributed by atoms with Crippen molar-refractivity contribution in [3.63, 3.8) is 0 Å². The maximum atomic E-state index is 9.30. The van der Waals surface area contributed by atoms with Gasteiger partial charge in [-0.1, -0.05) is 18.2 Å². The van der Waals surface area contributed by atoms with E-state index in [1.54, 1.807) is 0 Å². The number of aliphatic hydroxyl groups is 1. The van der Waals surface area contributed by atoms with Crippen molar-refractivity contribution in [2.24, 2.45) is 0 Å². The highest BCUT2D eigenvalue weighted by Gasteiger charge is 2.23. The lowest BCUT2D eigenvalue weighted by Gasteiger charge is -2.23. The van der Waals surface area contributed by atoms with Gasteiger partial charge in [0.15, 0.2) is 5.05 Å². The fraction of sp³-hybridized carbons (Fsp3) is 0.300. The normalized spacial score (nSPS) is 20.2. The summed E-state index contributed by atoms with van der Waals surface area (Å²) in [5, 5.41) is 9.37. The second-order valence-corrected chi connectivity index (χ2v) is 3.48. The van der Waals surface area contributed by atoms with E-state index in [9.17, 15) is 5.11 Å². The standard InChI is InChI=1S/C10H10O2S/c11-10(13)8-5-6-12-9-4-2-1-3-7(8)9/h1-4,8H,5-6H2,(H,11,13). The fourth-order valence-corrected chi connectivity index (χ4v) is 1.84. The quantitative estimate of drug-likeness (QED) is 0.696. The Labute approximate surface area is 82.2 Å². The van der Waals surface area contributed by atoms with Crippen molar-refractivity contribution < 1.29 is 9.84 Å². The van der Waals surface area contributed by atoms with Crippen LogP contribution in [-0.2, 0) is 0 Å². The van der Waals surface area contributed by atoms with Crippen molar-refractivity contribution in [2.45, 2.75) is 12.3 Å². The predicted molar refractivity (Wildman–Crippen MR) is 54.5 cm³/mol. The zero-order valence-electron chi connectivity index (χ0n) is 7.06. The third-order valence-electron chi connectivity index (χ3n) is 2.26. The van der Waals surface area contributed by atoms with E-state index in [1.165, 1.54) is 0 Å². The molecule has 0 amide bonds. The smallest absolute Gasteiger partial charge is 0.164 e. The molecule has 0 spiro atoms. The second kappa shape index (κ2) is 3.34. The average Bonchev–Trinajstić information content (AvgIpc) is 2.17. The van der Waals surface area contributed by atoms with Gasteiger partial charge in [0, 0.05) is 5.56 Å². The number of aliphatic hydroxyl groups excluding tert-OH is 1. The molecule has 0 saturated carbocycles. The summed E-state index contributed by atoms with van der Waals surface area (Å²) >= 11 is 4.79. The minimum absolute atomic E-state index is 0.0278. The first-order chi connectivity index (χ1) is 6.29. The first kappa shape index (κ1) is 8.51. The van der Waals surface area contributed by atoms with E-state index >= 15 is 0 Å². The molecule has 0 saturated heterocycles. The van der Waals surface area contributed by atoms with Gasteiger partial charge in [-0.25, -0.2) is 0 Å². The van der Waals surface area contributed by atoms with Gasteiger partial charge in [-0.3, -0.25) is 0 Å². The van der Waals surface area contributed by atoms with Crippen molar-refractivity contribution in [3.05, 3.63) is 29.8 Å². The summed E-state index contributed by atoms with van der Waals surface area (Å²) in [6, 6.07) is 7.70. The average molecular weight is 194 g/mol. The van der Waals surface area contributed by atoms with Crippen LogP contribution in [0.2, 0.25) is 0 Å². The van der Waals surface area contributed by atoms with Gasteiger partial charge in [-0.15, -0.1) is 0 Å². The molecule has 13 heavy (non-hydrogen) atoms. The minimum atomic E-state index is -0.0278. The van der Waals surface area contributed by atoms with E-state index in [0.717, 1.165) is 17.7 Å². The van der Waals surface area contributed by atoms with Crippen LogP contribution in [0.4, 0.5) is 0 Å². The van der Waals surface area contributed by atoms with E-state index < -0.39 is 0 Å². The Bertz CT molecular complexity index is 335. The van der Waals surface area contributed by atoms with E-state index in [1.807, 2.05) is 24.3 Å². The van der Waals surface area contributed by atoms with E-state index in [4.69, 9.17) is 17.0 Å². The highest BCUT2D eigenvalue weighted by atomic mass is 32.1. The maximum Gasteiger partial charge on any atom is 0.164 e. The van der Waals surface area contributed by atoms with Crippen LogP contribution < -0.4 is 4.74 Å². The predicted octanol–water partition coefficient (Wildman–Crippen LogP) is 2.44. The van der Waals surface area contributed by atoms with Gasteiger partial charge < -0.3 is 9.84 Å². The van der Waals surface area contributed by atoms with Crippen molar-refractivity contribution in [1.29, 1.82) is 0 Å². The Balaban J connectivity index is 2.42. The highest BCUT2D eigenvalue weighted by Crippen LogP contribution is 2.33. The number of para-hydroxylation sites is 1. The van der Waals surface area contributed by atoms with Crippen LogP contribution in [0.15, 0.2) is 24.3 Å². The summed E-state index contributed by atoms with van der Waals surface area (Å²) in [6.45, 7) is 0.627. The number of hydrogen-bond acceptors (Lipinski definition) is 2. The molecular weight excluding hydrogens is 184 g/mol. The molecule has 2 rings (SSSR count). The monoisotopic (exact) mass is 194 g/mol. The van der Waals surface area contributed by atoms with Crippen molar-refractivity contribution in [2.75, 3.05) is 6.61 Å². The number of rotatable bonds is 1. The Hall–Kier alpha value is -1.09. The lowest BCUT2D eigenvalue weighted by Crippen LogP contribution is -2.19. The summed E-state index contributed by atoms with van der Waals surface area (Å²) in [6.07, 6.45) is 0.770. The molecule has 0 aliphatic carbocycles. The molecule has 0 aromatic heterocycles. The van der Waals surface area contributed by atoms with Crippen molar-refractivity contribution >= 4 is 17.3 Å². The van der Waals surface area contributed by atoms with E-state index in [2.05, 4.69) is 0 Å². The Kier molecular flexibility index (Phi) is 2.19. The van der Waals surface area contributed by atoms with Gasteiger partial charge in [-0.2, -0.15) is 0 Å². The molecule has 1 N–H and O–H groups in total. The largest absolute Gasteiger partial charge is 0.502 e. The molecule has 68 valence electrons. The lowest BCUT2D eigenvalue weighted by atomic mass is 9.94. The van der Waals surface area contributed by atoms with E-state index in [-0.39, 0.29) is 11.0 Å². The summed E-state index contributed by atoms with van der Waals surface area (Å²) in [5.74, 6) is 0.815. The molecule has 2 nitrogen and oxygen atoms in total. The molecule has 1 unspecified atom stereocenters. The number of ether oxygens (including phenoxy) is 1. The van der Waals surface area contributed by atoms with Crippen molar-refractivity contribution in [1.82, 2.24) is 0 Å². The van der Waals surface area contributed by atoms with Crippen LogP contribution in [0.25, 0.3) is 0 Å². The molecule has 1 aromatic rings. The van der Waals surface area contributed by atoms with Crippen LogP contribution in [0, 0.1) is 0 Å². The zero-order chi connectivity index (χ0) is 9.26. The molecule has 0 fully saturated rings. The summed E-state index contributed by atoms with van der Waals surface area (Å²) in [4.78, 5) is 0. The first-order valence-electron chi connectivity index (χ1n) is 4.23. The molecule has 3 heteroatoms. The van der Waals surface area contributed by atoms with Gasteiger partial charge >= 0.3 is 0 Å². The van der Waals surface area contributed by atoms with Crippen LogP contribution in [0.5, 0.6) is 5.75 Å². The molecular formula is C10H10O2S. The molecule has 0 bridgehead atoms. The highest BCUT2D eigenvalue weighted by molar-refractivity contribution is 7.80. The van der Waals surface area contributed by atoms with Gasteiger partial charge in [0.1, 0.15) is 5.75 Å². The van der Waals surface area contributed by atoms with E-state index in [0.29, 0.717) is 6.61 Å². The van der Waals surface area contributed by atoms with Gasteiger partial charge in [0.25, 0.3) is 0 Å². The maximum absolute atomic E-state index is 9.30. The molecule has 0 radical (unpaired) electrons. The van der Waals surface area contributed by atoms with Crippen molar-refractivity contribution in [3.8, 4) is 5.75 Å². The molecule has 1 aromatic carbocycles. The summed E-state index contributed by atoms with van der Waals surface area (Å²) in [5.41, 5.74) is 1.00. The van der Waals surface area contributed by atoms with Crippen LogP contribution in [-0.4, -0.2) is 16.8 Å². The summed E-state index contributed by atoms with van der Waals surface area (Å²) < 4.78 is 5.43. The Morgan fingerprint density at radius 1 is 1.46 bits per heavy atom. The molecule has 1 heterocycles. The third kappa shape index (κ3) is 1.52. The van der Waals surface area contributed by atoms with Crippen LogP contribution in [0.1, 0.15) is 17.9 Å². The Morgan fingerprint density at radius 2 is 2.23 bits per heavy atom. The number of thiocarbonyl (C=S) groups is 1. The number of fused-ring (bicyclic) bond motifs is 1. The summed E-state index contributed by atoms with van der Waals surface area (Å²) in [7, 11) is 0. The first-order valence-corrected chi connectivity index (χ1v) is 4.64. The minimum Gasteiger partial charge on any atom is -0.502 e. The fourth-order valence-electron chi connectivity index (χ4n) is 1.60. The molecule has 1 aliphatic rings. The van der Waals surface area contributed by atoms with Gasteiger partial charge in [0.2, 0.25) is 0 Å². The third-order valence-corrected chi connectivity index (χ3v) is 2.54. The SMILES string of the molecule is OC(=S)C1CCOc2ccccc21. The Morgan fingerprint density at radius 3 is 3.00 bits per heavy atom.